The van der Waals surface area contributed by atoms with E-state index in [1.165, 1.54) is 12.1 Å². The second kappa shape index (κ2) is 5.19. The minimum Gasteiger partial charge on any atom is -0.367 e. The number of rotatable bonds is 2. The van der Waals surface area contributed by atoms with Crippen LogP contribution in [0, 0.1) is 6.92 Å². The van der Waals surface area contributed by atoms with Gasteiger partial charge in [0.2, 0.25) is 0 Å². The van der Waals surface area contributed by atoms with Crippen molar-refractivity contribution in [3.8, 4) is 0 Å². The van der Waals surface area contributed by atoms with Crippen LogP contribution in [0.3, 0.4) is 0 Å². The summed E-state index contributed by atoms with van der Waals surface area (Å²) in [6, 6.07) is 5.34. The van der Waals surface area contributed by atoms with E-state index in [1.807, 2.05) is 6.92 Å². The summed E-state index contributed by atoms with van der Waals surface area (Å²) in [7, 11) is 0. The molecule has 0 aliphatic carbocycles. The molecule has 0 unspecified atom stereocenters. The van der Waals surface area contributed by atoms with E-state index in [-0.39, 0.29) is 11.8 Å². The average molecular weight is 308 g/mol. The maximum atomic E-state index is 12.7. The first-order valence-electron chi connectivity index (χ1n) is 6.96. The molecule has 0 spiro atoms. The van der Waals surface area contributed by atoms with Gasteiger partial charge in [0, 0.05) is 31.4 Å². The summed E-state index contributed by atoms with van der Waals surface area (Å²) in [6.45, 7) is 2.74. The monoisotopic (exact) mass is 308 g/mol. The summed E-state index contributed by atoms with van der Waals surface area (Å²) in [5, 5.41) is 0. The molecule has 3 nitrogen and oxygen atoms in total. The van der Waals surface area contributed by atoms with Crippen LogP contribution in [-0.2, 0) is 6.18 Å². The predicted octanol–water partition coefficient (Wildman–Crippen LogP) is 3.58. The standard InChI is InChI=1S/C16H15F3N2O/c1-10-6-20-7-14(10)15(22)21-8-12(9-21)11-3-2-4-13(5-11)16(17,18)19/h2-7,12,20H,8-9H2,1H3. The number of hydrogen-bond acceptors (Lipinski definition) is 1. The van der Waals surface area contributed by atoms with Crippen molar-refractivity contribution in [3.05, 3.63) is 58.9 Å². The number of carbonyl (C=O) groups excluding carboxylic acids is 1. The van der Waals surface area contributed by atoms with Gasteiger partial charge in [-0.1, -0.05) is 18.2 Å². The van der Waals surface area contributed by atoms with Crippen LogP contribution >= 0.6 is 0 Å². The summed E-state index contributed by atoms with van der Waals surface area (Å²) < 4.78 is 38.2. The second-order valence-electron chi connectivity index (χ2n) is 5.58. The van der Waals surface area contributed by atoms with Crippen molar-refractivity contribution in [2.24, 2.45) is 0 Å². The zero-order chi connectivity index (χ0) is 15.9. The highest BCUT2D eigenvalue weighted by Gasteiger charge is 2.35. The Hall–Kier alpha value is -2.24. The maximum Gasteiger partial charge on any atom is 0.416 e. The molecule has 1 N–H and O–H groups in total. The van der Waals surface area contributed by atoms with Crippen LogP contribution in [0.4, 0.5) is 13.2 Å². The zero-order valence-electron chi connectivity index (χ0n) is 11.9. The largest absolute Gasteiger partial charge is 0.416 e. The number of hydrogen-bond donors (Lipinski definition) is 1. The molecular formula is C16H15F3N2O. The molecule has 1 aromatic carbocycles. The van der Waals surface area contributed by atoms with Crippen molar-refractivity contribution < 1.29 is 18.0 Å². The van der Waals surface area contributed by atoms with Gasteiger partial charge in [-0.05, 0) is 24.1 Å². The number of H-pyrrole nitrogens is 1. The molecule has 116 valence electrons. The van der Waals surface area contributed by atoms with E-state index in [2.05, 4.69) is 4.98 Å². The van der Waals surface area contributed by atoms with Crippen LogP contribution in [0.15, 0.2) is 36.7 Å². The second-order valence-corrected chi connectivity index (χ2v) is 5.58. The third-order valence-electron chi connectivity index (χ3n) is 4.04. The average Bonchev–Trinajstić information content (AvgIpc) is 2.82. The summed E-state index contributed by atoms with van der Waals surface area (Å²) >= 11 is 0. The molecule has 6 heteroatoms. The molecule has 0 bridgehead atoms. The van der Waals surface area contributed by atoms with Gasteiger partial charge in [0.15, 0.2) is 0 Å². The lowest BCUT2D eigenvalue weighted by Crippen LogP contribution is -2.48. The van der Waals surface area contributed by atoms with Crippen molar-refractivity contribution in [3.63, 3.8) is 0 Å². The van der Waals surface area contributed by atoms with Crippen LogP contribution in [0.2, 0.25) is 0 Å². The molecule has 1 fully saturated rings. The quantitative estimate of drug-likeness (QED) is 0.904. The Labute approximate surface area is 125 Å². The molecular weight excluding hydrogens is 293 g/mol. The molecule has 1 aromatic heterocycles. The summed E-state index contributed by atoms with van der Waals surface area (Å²) in [4.78, 5) is 16.8. The van der Waals surface area contributed by atoms with Crippen molar-refractivity contribution in [2.75, 3.05) is 13.1 Å². The van der Waals surface area contributed by atoms with Gasteiger partial charge < -0.3 is 9.88 Å². The minimum atomic E-state index is -4.34. The van der Waals surface area contributed by atoms with Crippen LogP contribution in [0.25, 0.3) is 0 Å². The third-order valence-corrected chi connectivity index (χ3v) is 4.04. The first-order valence-corrected chi connectivity index (χ1v) is 6.96. The van der Waals surface area contributed by atoms with Gasteiger partial charge in [0.1, 0.15) is 0 Å². The van der Waals surface area contributed by atoms with Crippen LogP contribution < -0.4 is 0 Å². The molecule has 0 saturated carbocycles. The molecule has 22 heavy (non-hydrogen) atoms. The summed E-state index contributed by atoms with van der Waals surface area (Å²) in [5.41, 5.74) is 1.47. The summed E-state index contributed by atoms with van der Waals surface area (Å²) in [6.07, 6.45) is -0.940. The van der Waals surface area contributed by atoms with Crippen molar-refractivity contribution in [1.29, 1.82) is 0 Å². The van der Waals surface area contributed by atoms with Gasteiger partial charge >= 0.3 is 6.18 Å². The zero-order valence-corrected chi connectivity index (χ0v) is 11.9. The Bertz CT molecular complexity index is 699. The number of nitrogens with zero attached hydrogens (tertiary/aromatic N) is 1. The number of carbonyl (C=O) groups is 1. The van der Waals surface area contributed by atoms with E-state index >= 15 is 0 Å². The Morgan fingerprint density at radius 2 is 2.00 bits per heavy atom. The highest BCUT2D eigenvalue weighted by Crippen LogP contribution is 2.34. The number of aromatic amines is 1. The maximum absolute atomic E-state index is 12.7. The van der Waals surface area contributed by atoms with Gasteiger partial charge in [-0.25, -0.2) is 0 Å². The third kappa shape index (κ3) is 2.61. The minimum absolute atomic E-state index is 0.0366. The molecule has 1 amide bonds. The van der Waals surface area contributed by atoms with Gasteiger partial charge in [-0.15, -0.1) is 0 Å². The molecule has 1 saturated heterocycles. The highest BCUT2D eigenvalue weighted by molar-refractivity contribution is 5.96. The van der Waals surface area contributed by atoms with E-state index in [9.17, 15) is 18.0 Å². The topological polar surface area (TPSA) is 36.1 Å². The molecule has 0 radical (unpaired) electrons. The normalized spacial score (nSPS) is 15.7. The van der Waals surface area contributed by atoms with E-state index < -0.39 is 11.7 Å². The Kier molecular flexibility index (Phi) is 3.47. The first kappa shape index (κ1) is 14.7. The van der Waals surface area contributed by atoms with Gasteiger partial charge in [-0.3, -0.25) is 4.79 Å². The fourth-order valence-corrected chi connectivity index (χ4v) is 2.67. The summed E-state index contributed by atoms with van der Waals surface area (Å²) in [5.74, 6) is -0.118. The number of nitrogens with one attached hydrogen (secondary N) is 1. The van der Waals surface area contributed by atoms with Crippen molar-refractivity contribution in [1.82, 2.24) is 9.88 Å². The molecule has 0 atom stereocenters. The van der Waals surface area contributed by atoms with Crippen LogP contribution in [-0.4, -0.2) is 28.9 Å². The van der Waals surface area contributed by atoms with E-state index in [1.54, 1.807) is 23.4 Å². The van der Waals surface area contributed by atoms with Gasteiger partial charge in [0.25, 0.3) is 5.91 Å². The number of aromatic nitrogens is 1. The lowest BCUT2D eigenvalue weighted by atomic mass is 9.89. The van der Waals surface area contributed by atoms with Crippen LogP contribution in [0.1, 0.15) is 33.0 Å². The number of halogens is 3. The number of likely N-dealkylation sites (tertiary alicyclic amines) is 1. The molecule has 3 rings (SSSR count). The smallest absolute Gasteiger partial charge is 0.367 e. The Morgan fingerprint density at radius 3 is 2.59 bits per heavy atom. The molecule has 1 aliphatic rings. The molecule has 1 aliphatic heterocycles. The fraction of sp³-hybridized carbons (Fsp3) is 0.312. The van der Waals surface area contributed by atoms with Gasteiger partial charge in [0.05, 0.1) is 11.1 Å². The molecule has 2 aromatic rings. The molecule has 2 heterocycles. The Morgan fingerprint density at radius 1 is 1.27 bits per heavy atom. The lowest BCUT2D eigenvalue weighted by molar-refractivity contribution is -0.137. The highest BCUT2D eigenvalue weighted by atomic mass is 19.4. The number of benzene rings is 1. The Balaban J connectivity index is 1.69. The first-order chi connectivity index (χ1) is 10.4. The van der Waals surface area contributed by atoms with Crippen molar-refractivity contribution in [2.45, 2.75) is 19.0 Å². The number of aryl methyl sites for hydroxylation is 1. The number of alkyl halides is 3. The predicted molar refractivity (Wildman–Crippen MR) is 75.6 cm³/mol. The SMILES string of the molecule is Cc1c[nH]cc1C(=O)N1CC(c2cccc(C(F)(F)F)c2)C1. The lowest BCUT2D eigenvalue weighted by Gasteiger charge is -2.39. The van der Waals surface area contributed by atoms with E-state index in [4.69, 9.17) is 0 Å². The van der Waals surface area contributed by atoms with Crippen LogP contribution in [0.5, 0.6) is 0 Å². The van der Waals surface area contributed by atoms with E-state index in [0.29, 0.717) is 24.2 Å². The van der Waals surface area contributed by atoms with E-state index in [0.717, 1.165) is 11.6 Å². The fourth-order valence-electron chi connectivity index (χ4n) is 2.67. The van der Waals surface area contributed by atoms with Gasteiger partial charge in [-0.2, -0.15) is 13.2 Å². The van der Waals surface area contributed by atoms with Crippen molar-refractivity contribution >= 4 is 5.91 Å². The number of amides is 1.